The predicted molar refractivity (Wildman–Crippen MR) is 95.3 cm³/mol. The van der Waals surface area contributed by atoms with Gasteiger partial charge in [-0.15, -0.1) is 0 Å². The second-order valence-electron chi connectivity index (χ2n) is 6.54. The van der Waals surface area contributed by atoms with Gasteiger partial charge in [-0.1, -0.05) is 25.3 Å². The maximum atomic E-state index is 11.9. The van der Waals surface area contributed by atoms with Gasteiger partial charge in [-0.3, -0.25) is 4.79 Å². The number of carbonyl (C=O) groups excluding carboxylic acids is 1. The number of amides is 1. The molecule has 134 valence electrons. The molecule has 0 aromatic heterocycles. The number of rotatable bonds is 11. The molecule has 1 aromatic carbocycles. The lowest BCUT2D eigenvalue weighted by Gasteiger charge is -2.16. The van der Waals surface area contributed by atoms with Gasteiger partial charge >= 0.3 is 0 Å². The summed E-state index contributed by atoms with van der Waals surface area (Å²) >= 11 is 0. The van der Waals surface area contributed by atoms with E-state index < -0.39 is 6.67 Å². The summed E-state index contributed by atoms with van der Waals surface area (Å²) in [4.78, 5) is 11.3. The van der Waals surface area contributed by atoms with Gasteiger partial charge in [0.15, 0.2) is 0 Å². The Kier molecular flexibility index (Phi) is 8.64. The van der Waals surface area contributed by atoms with E-state index in [9.17, 15) is 9.18 Å². The Labute approximate surface area is 145 Å². The second-order valence-corrected chi connectivity index (χ2v) is 6.54. The Morgan fingerprint density at radius 2 is 1.79 bits per heavy atom. The van der Waals surface area contributed by atoms with Crippen LogP contribution in [0, 0.1) is 0 Å². The number of carbonyl (C=O) groups is 1. The zero-order chi connectivity index (χ0) is 17.0. The van der Waals surface area contributed by atoms with E-state index in [1.54, 1.807) is 0 Å². The molecule has 1 amide bonds. The first-order chi connectivity index (χ1) is 11.8. The van der Waals surface area contributed by atoms with Crippen LogP contribution < -0.4 is 10.1 Å². The lowest BCUT2D eigenvalue weighted by molar-refractivity contribution is -0.121. The van der Waals surface area contributed by atoms with Crippen molar-refractivity contribution in [1.82, 2.24) is 5.32 Å². The molecular formula is C20H30FNO2. The Morgan fingerprint density at radius 3 is 2.62 bits per heavy atom. The van der Waals surface area contributed by atoms with Crippen LogP contribution in [0.1, 0.15) is 62.5 Å². The Morgan fingerprint density at radius 1 is 1.04 bits per heavy atom. The lowest BCUT2D eigenvalue weighted by Crippen LogP contribution is -2.24. The number of aryl methyl sites for hydroxylation is 2. The fourth-order valence-corrected chi connectivity index (χ4v) is 3.18. The SMILES string of the molecule is O=C(CCCCCCCOc1ccc2c(c1)CCCC2)NCCF. The molecule has 0 fully saturated rings. The monoisotopic (exact) mass is 335 g/mol. The van der Waals surface area contributed by atoms with Gasteiger partial charge in [0.05, 0.1) is 6.61 Å². The minimum atomic E-state index is -0.490. The number of hydrogen-bond donors (Lipinski definition) is 1. The van der Waals surface area contributed by atoms with Crippen LogP contribution in [-0.4, -0.2) is 25.7 Å². The summed E-state index contributed by atoms with van der Waals surface area (Å²) in [7, 11) is 0. The van der Waals surface area contributed by atoms with Crippen molar-refractivity contribution in [3.63, 3.8) is 0 Å². The van der Waals surface area contributed by atoms with Crippen molar-refractivity contribution in [3.05, 3.63) is 29.3 Å². The average Bonchev–Trinajstić information content (AvgIpc) is 2.62. The smallest absolute Gasteiger partial charge is 0.220 e. The Hall–Kier alpha value is -1.58. The fourth-order valence-electron chi connectivity index (χ4n) is 3.18. The first-order valence-electron chi connectivity index (χ1n) is 9.37. The minimum Gasteiger partial charge on any atom is -0.494 e. The normalized spacial score (nSPS) is 13.4. The maximum absolute atomic E-state index is 11.9. The minimum absolute atomic E-state index is 0.0385. The standard InChI is InChI=1S/C20H30FNO2/c21-13-14-22-20(23)10-4-2-1-3-7-15-24-19-12-11-17-8-5-6-9-18(17)16-19/h11-12,16H,1-10,13-15H2,(H,22,23). The van der Waals surface area contributed by atoms with Gasteiger partial charge < -0.3 is 10.1 Å². The van der Waals surface area contributed by atoms with Crippen molar-refractivity contribution in [3.8, 4) is 5.75 Å². The number of nitrogens with one attached hydrogen (secondary N) is 1. The molecule has 0 atom stereocenters. The molecule has 0 heterocycles. The number of halogens is 1. The van der Waals surface area contributed by atoms with Crippen molar-refractivity contribution < 1.29 is 13.9 Å². The summed E-state index contributed by atoms with van der Waals surface area (Å²) in [5, 5.41) is 2.55. The maximum Gasteiger partial charge on any atom is 0.220 e. The van der Waals surface area contributed by atoms with Gasteiger partial charge in [0, 0.05) is 13.0 Å². The largest absolute Gasteiger partial charge is 0.494 e. The molecule has 3 nitrogen and oxygen atoms in total. The molecule has 24 heavy (non-hydrogen) atoms. The number of fused-ring (bicyclic) bond motifs is 1. The van der Waals surface area contributed by atoms with Gasteiger partial charge in [0.1, 0.15) is 12.4 Å². The van der Waals surface area contributed by atoms with Crippen LogP contribution in [-0.2, 0) is 17.6 Å². The van der Waals surface area contributed by atoms with E-state index >= 15 is 0 Å². The number of hydrogen-bond acceptors (Lipinski definition) is 2. The number of benzene rings is 1. The van der Waals surface area contributed by atoms with Crippen LogP contribution in [0.4, 0.5) is 4.39 Å². The highest BCUT2D eigenvalue weighted by Crippen LogP contribution is 2.25. The molecule has 0 spiro atoms. The highest BCUT2D eigenvalue weighted by Gasteiger charge is 2.09. The third-order valence-corrected chi connectivity index (χ3v) is 4.55. The van der Waals surface area contributed by atoms with Crippen LogP contribution in [0.5, 0.6) is 5.75 Å². The molecule has 0 radical (unpaired) electrons. The molecule has 0 bridgehead atoms. The van der Waals surface area contributed by atoms with Crippen molar-refractivity contribution in [2.24, 2.45) is 0 Å². The fraction of sp³-hybridized carbons (Fsp3) is 0.650. The molecule has 1 aliphatic rings. The molecule has 1 aliphatic carbocycles. The van der Waals surface area contributed by atoms with Crippen LogP contribution in [0.3, 0.4) is 0 Å². The van der Waals surface area contributed by atoms with Crippen LogP contribution in [0.25, 0.3) is 0 Å². The Bertz CT molecular complexity index is 504. The van der Waals surface area contributed by atoms with Crippen molar-refractivity contribution >= 4 is 5.91 Å². The van der Waals surface area contributed by atoms with E-state index in [1.807, 2.05) is 0 Å². The molecule has 1 N–H and O–H groups in total. The summed E-state index contributed by atoms with van der Waals surface area (Å²) in [5.41, 5.74) is 2.95. The highest BCUT2D eigenvalue weighted by molar-refractivity contribution is 5.75. The van der Waals surface area contributed by atoms with E-state index in [0.717, 1.165) is 44.5 Å². The lowest BCUT2D eigenvalue weighted by atomic mass is 9.92. The zero-order valence-corrected chi connectivity index (χ0v) is 14.6. The van der Waals surface area contributed by atoms with Crippen molar-refractivity contribution in [1.29, 1.82) is 0 Å². The Balaban J connectivity index is 1.49. The molecule has 0 saturated carbocycles. The number of unbranched alkanes of at least 4 members (excludes halogenated alkanes) is 4. The van der Waals surface area contributed by atoms with Gasteiger partial charge in [-0.2, -0.15) is 0 Å². The van der Waals surface area contributed by atoms with Gasteiger partial charge in [-0.05, 0) is 61.8 Å². The molecule has 0 saturated heterocycles. The van der Waals surface area contributed by atoms with Gasteiger partial charge in [0.25, 0.3) is 0 Å². The number of ether oxygens (including phenoxy) is 1. The second kappa shape index (κ2) is 11.1. The number of alkyl halides is 1. The first-order valence-corrected chi connectivity index (χ1v) is 9.37. The van der Waals surface area contributed by atoms with E-state index in [1.165, 1.54) is 36.8 Å². The molecule has 0 aliphatic heterocycles. The summed E-state index contributed by atoms with van der Waals surface area (Å²) in [6, 6.07) is 6.53. The van der Waals surface area contributed by atoms with Gasteiger partial charge in [0.2, 0.25) is 5.91 Å². The summed E-state index contributed by atoms with van der Waals surface area (Å²) in [6.45, 7) is 0.407. The molecule has 2 rings (SSSR count). The van der Waals surface area contributed by atoms with Crippen LogP contribution in [0.15, 0.2) is 18.2 Å². The van der Waals surface area contributed by atoms with Crippen LogP contribution >= 0.6 is 0 Å². The van der Waals surface area contributed by atoms with Crippen LogP contribution in [0.2, 0.25) is 0 Å². The van der Waals surface area contributed by atoms with Gasteiger partial charge in [-0.25, -0.2) is 4.39 Å². The first kappa shape index (κ1) is 18.8. The summed E-state index contributed by atoms with van der Waals surface area (Å²) in [5.74, 6) is 0.962. The van der Waals surface area contributed by atoms with Crippen molar-refractivity contribution in [2.45, 2.75) is 64.2 Å². The summed E-state index contributed by atoms with van der Waals surface area (Å²) < 4.78 is 17.8. The predicted octanol–water partition coefficient (Wildman–Crippen LogP) is 4.37. The van der Waals surface area contributed by atoms with E-state index in [4.69, 9.17) is 4.74 Å². The molecule has 0 unspecified atom stereocenters. The quantitative estimate of drug-likeness (QED) is 0.610. The molecule has 1 aromatic rings. The van der Waals surface area contributed by atoms with E-state index in [2.05, 4.69) is 23.5 Å². The third kappa shape index (κ3) is 6.90. The highest BCUT2D eigenvalue weighted by atomic mass is 19.1. The average molecular weight is 335 g/mol. The topological polar surface area (TPSA) is 38.3 Å². The molecular weight excluding hydrogens is 305 g/mol. The third-order valence-electron chi connectivity index (χ3n) is 4.55. The van der Waals surface area contributed by atoms with E-state index in [-0.39, 0.29) is 12.5 Å². The molecule has 4 heteroatoms. The summed E-state index contributed by atoms with van der Waals surface area (Å²) in [6.07, 6.45) is 10.7. The van der Waals surface area contributed by atoms with E-state index in [0.29, 0.717) is 6.42 Å². The van der Waals surface area contributed by atoms with Crippen molar-refractivity contribution in [2.75, 3.05) is 19.8 Å². The zero-order valence-electron chi connectivity index (χ0n) is 14.6.